The van der Waals surface area contributed by atoms with E-state index in [1.54, 1.807) is 42.5 Å². The molecule has 0 atom stereocenters. The first kappa shape index (κ1) is 20.4. The maximum atomic E-state index is 12.2. The molecule has 0 bridgehead atoms. The van der Waals surface area contributed by atoms with Crippen LogP contribution in [0.5, 0.6) is 0 Å². The number of nitrogens with zero attached hydrogens (tertiary/aromatic N) is 3. The molecule has 0 aliphatic carbocycles. The van der Waals surface area contributed by atoms with Crippen LogP contribution in [0.1, 0.15) is 18.4 Å². The molecule has 5 aromatic rings. The third kappa shape index (κ3) is 3.90. The molecule has 0 saturated heterocycles. The van der Waals surface area contributed by atoms with Gasteiger partial charge in [-0.1, -0.05) is 31.2 Å². The van der Waals surface area contributed by atoms with Crippen molar-refractivity contribution in [3.63, 3.8) is 0 Å². The molecule has 0 spiro atoms. The minimum atomic E-state index is -3.30. The number of sulfone groups is 1. The van der Waals surface area contributed by atoms with E-state index in [2.05, 4.69) is 4.98 Å². The van der Waals surface area contributed by atoms with Crippen LogP contribution in [0.3, 0.4) is 0 Å². The van der Waals surface area contributed by atoms with Crippen LogP contribution < -0.4 is 0 Å². The highest BCUT2D eigenvalue weighted by molar-refractivity contribution is 7.91. The fourth-order valence-corrected chi connectivity index (χ4v) is 4.98. The van der Waals surface area contributed by atoms with Crippen LogP contribution in [0.4, 0.5) is 0 Å². The smallest absolute Gasteiger partial charge is 0.220 e. The minimum Gasteiger partial charge on any atom is -0.437 e. The van der Waals surface area contributed by atoms with Crippen LogP contribution in [0.2, 0.25) is 0 Å². The molecule has 0 aliphatic heterocycles. The van der Waals surface area contributed by atoms with Crippen molar-refractivity contribution < 1.29 is 12.8 Å². The Balaban J connectivity index is 1.52. The average Bonchev–Trinajstić information content (AvgIpc) is 3.56. The van der Waals surface area contributed by atoms with Crippen molar-refractivity contribution in [3.8, 4) is 16.3 Å². The lowest BCUT2D eigenvalue weighted by Crippen LogP contribution is -2.03. The second-order valence-electron chi connectivity index (χ2n) is 7.11. The Labute approximate surface area is 189 Å². The molecule has 0 aliphatic rings. The molecule has 5 rings (SSSR count). The summed E-state index contributed by atoms with van der Waals surface area (Å²) in [5, 5.41) is 6.81. The summed E-state index contributed by atoms with van der Waals surface area (Å²) >= 11 is 1.62. The molecule has 0 saturated carbocycles. The van der Waals surface area contributed by atoms with Crippen molar-refractivity contribution in [1.82, 2.24) is 14.8 Å². The van der Waals surface area contributed by atoms with Gasteiger partial charge in [-0.15, -0.1) is 11.3 Å². The third-order valence-electron chi connectivity index (χ3n) is 5.04. The Morgan fingerprint density at radius 1 is 1.06 bits per heavy atom. The fourth-order valence-electron chi connectivity index (χ4n) is 3.34. The monoisotopic (exact) mass is 461 g/mol. The molecule has 32 heavy (non-hydrogen) atoms. The summed E-state index contributed by atoms with van der Waals surface area (Å²) in [6.45, 7) is 1.62. The number of thiophene rings is 1. The zero-order valence-electron chi connectivity index (χ0n) is 17.2. The summed E-state index contributed by atoms with van der Waals surface area (Å²) in [7, 11) is -3.30. The highest BCUT2D eigenvalue weighted by Gasteiger charge is 2.15. The normalized spacial score (nSPS) is 12.2. The van der Waals surface area contributed by atoms with Crippen LogP contribution in [0.25, 0.3) is 39.5 Å². The van der Waals surface area contributed by atoms with Crippen LogP contribution in [-0.4, -0.2) is 28.9 Å². The molecule has 3 aromatic heterocycles. The van der Waals surface area contributed by atoms with Crippen LogP contribution in [-0.2, 0) is 9.84 Å². The maximum absolute atomic E-state index is 12.2. The zero-order chi connectivity index (χ0) is 22.1. The van der Waals surface area contributed by atoms with E-state index < -0.39 is 9.84 Å². The number of hydrogen-bond donors (Lipinski definition) is 0. The second kappa shape index (κ2) is 8.22. The van der Waals surface area contributed by atoms with Crippen molar-refractivity contribution in [2.75, 3.05) is 5.75 Å². The van der Waals surface area contributed by atoms with Crippen molar-refractivity contribution in [2.45, 2.75) is 11.8 Å². The zero-order valence-corrected chi connectivity index (χ0v) is 18.8. The first-order valence-corrected chi connectivity index (χ1v) is 12.6. The predicted octanol–water partition coefficient (Wildman–Crippen LogP) is 5.71. The predicted molar refractivity (Wildman–Crippen MR) is 128 cm³/mol. The topological polar surface area (TPSA) is 78.0 Å². The molecule has 0 radical (unpaired) electrons. The SMILES string of the molecule is CCS(=O)(=O)c1ccc2oc(C=Cc3cn(-c4ccccc4)nc3-c3cccs3)nc2c1. The van der Waals surface area contributed by atoms with E-state index in [0.29, 0.717) is 17.0 Å². The Bertz CT molecular complexity index is 1510. The first-order valence-electron chi connectivity index (χ1n) is 10.0. The van der Waals surface area contributed by atoms with Gasteiger partial charge in [0.25, 0.3) is 0 Å². The van der Waals surface area contributed by atoms with Crippen LogP contribution >= 0.6 is 11.3 Å². The lowest BCUT2D eigenvalue weighted by atomic mass is 10.2. The lowest BCUT2D eigenvalue weighted by molar-refractivity contribution is 0.589. The molecule has 0 fully saturated rings. The molecule has 8 heteroatoms. The summed E-state index contributed by atoms with van der Waals surface area (Å²) in [6, 6.07) is 18.7. The van der Waals surface area contributed by atoms with Crippen molar-refractivity contribution in [3.05, 3.63) is 83.7 Å². The van der Waals surface area contributed by atoms with Gasteiger partial charge in [-0.3, -0.25) is 0 Å². The van der Waals surface area contributed by atoms with E-state index >= 15 is 0 Å². The summed E-state index contributed by atoms with van der Waals surface area (Å²) in [6.07, 6.45) is 5.66. The van der Waals surface area contributed by atoms with Crippen molar-refractivity contribution in [1.29, 1.82) is 0 Å². The molecular formula is C24H19N3O3S2. The van der Waals surface area contributed by atoms with E-state index in [9.17, 15) is 8.42 Å². The average molecular weight is 462 g/mol. The highest BCUT2D eigenvalue weighted by Crippen LogP contribution is 2.29. The van der Waals surface area contributed by atoms with Gasteiger partial charge < -0.3 is 4.42 Å². The quantitative estimate of drug-likeness (QED) is 0.324. The van der Waals surface area contributed by atoms with Gasteiger partial charge >= 0.3 is 0 Å². The lowest BCUT2D eigenvalue weighted by Gasteiger charge is -1.99. The number of aromatic nitrogens is 3. The largest absolute Gasteiger partial charge is 0.437 e. The number of para-hydroxylation sites is 1. The molecule has 3 heterocycles. The van der Waals surface area contributed by atoms with E-state index in [1.165, 1.54) is 0 Å². The molecule has 2 aromatic carbocycles. The molecule has 0 amide bonds. The van der Waals surface area contributed by atoms with Crippen LogP contribution in [0.15, 0.2) is 81.6 Å². The second-order valence-corrected chi connectivity index (χ2v) is 10.3. The van der Waals surface area contributed by atoms with Crippen molar-refractivity contribution >= 4 is 44.4 Å². The van der Waals surface area contributed by atoms with Crippen molar-refractivity contribution in [2.24, 2.45) is 0 Å². The number of hydrogen-bond acceptors (Lipinski definition) is 6. The molecule has 6 nitrogen and oxygen atoms in total. The summed E-state index contributed by atoms with van der Waals surface area (Å²) in [5.74, 6) is 0.440. The van der Waals surface area contributed by atoms with Crippen LogP contribution in [0, 0.1) is 0 Å². The van der Waals surface area contributed by atoms with Gasteiger partial charge in [0.1, 0.15) is 11.2 Å². The molecular weight excluding hydrogens is 442 g/mol. The van der Waals surface area contributed by atoms with Gasteiger partial charge in [-0.2, -0.15) is 5.10 Å². The van der Waals surface area contributed by atoms with Gasteiger partial charge in [-0.05, 0) is 47.9 Å². The number of oxazole rings is 1. The summed E-state index contributed by atoms with van der Waals surface area (Å²) in [5.41, 5.74) is 3.81. The number of benzene rings is 2. The highest BCUT2D eigenvalue weighted by atomic mass is 32.2. The maximum Gasteiger partial charge on any atom is 0.220 e. The summed E-state index contributed by atoms with van der Waals surface area (Å²) < 4.78 is 31.9. The van der Waals surface area contributed by atoms with Gasteiger partial charge in [0.2, 0.25) is 5.89 Å². The Kier molecular flexibility index (Phi) is 5.24. The standard InChI is InChI=1S/C24H19N3O3S2/c1-2-32(28,29)19-11-12-21-20(15-19)25-23(30-21)13-10-17-16-27(18-7-4-3-5-8-18)26-24(17)22-9-6-14-31-22/h3-16H,2H2,1H3. The Morgan fingerprint density at radius 3 is 2.66 bits per heavy atom. The van der Waals surface area contributed by atoms with E-state index in [0.717, 1.165) is 21.8 Å². The first-order chi connectivity index (χ1) is 15.5. The van der Waals surface area contributed by atoms with Gasteiger partial charge in [0.05, 0.1) is 21.2 Å². The van der Waals surface area contributed by atoms with E-state index in [4.69, 9.17) is 9.52 Å². The summed E-state index contributed by atoms with van der Waals surface area (Å²) in [4.78, 5) is 5.76. The molecule has 160 valence electrons. The number of rotatable bonds is 6. The molecule has 0 N–H and O–H groups in total. The Hall–Kier alpha value is -3.49. The Morgan fingerprint density at radius 2 is 1.91 bits per heavy atom. The van der Waals surface area contributed by atoms with Gasteiger partial charge in [0, 0.05) is 17.8 Å². The van der Waals surface area contributed by atoms with Gasteiger partial charge in [0.15, 0.2) is 15.4 Å². The fraction of sp³-hybridized carbons (Fsp3) is 0.0833. The van der Waals surface area contributed by atoms with E-state index in [-0.39, 0.29) is 10.6 Å². The molecule has 0 unspecified atom stereocenters. The van der Waals surface area contributed by atoms with Gasteiger partial charge in [-0.25, -0.2) is 18.1 Å². The third-order valence-corrected chi connectivity index (χ3v) is 7.65. The van der Waals surface area contributed by atoms with E-state index in [1.807, 2.05) is 64.8 Å². The minimum absolute atomic E-state index is 0.0417. The number of fused-ring (bicyclic) bond motifs is 1.